The number of allylic oxidation sites excluding steroid dienone is 3. The summed E-state index contributed by atoms with van der Waals surface area (Å²) in [5, 5.41) is 8.99. The molecular weight excluding hydrogens is 316 g/mol. The van der Waals surface area contributed by atoms with Crippen LogP contribution < -0.4 is 9.47 Å². The van der Waals surface area contributed by atoms with E-state index in [0.29, 0.717) is 6.61 Å². The average Bonchev–Trinajstić information content (AvgIpc) is 3.12. The zero-order chi connectivity index (χ0) is 18.0. The van der Waals surface area contributed by atoms with Gasteiger partial charge in [0.2, 0.25) is 0 Å². The molecule has 0 radical (unpaired) electrons. The first-order valence-electron chi connectivity index (χ1n) is 8.66. The van der Waals surface area contributed by atoms with E-state index < -0.39 is 5.97 Å². The van der Waals surface area contributed by atoms with Gasteiger partial charge in [-0.2, -0.15) is 0 Å². The molecule has 25 heavy (non-hydrogen) atoms. The van der Waals surface area contributed by atoms with E-state index in [1.165, 1.54) is 11.1 Å². The first kappa shape index (κ1) is 17.3. The summed E-state index contributed by atoms with van der Waals surface area (Å²) >= 11 is 0. The number of carboxylic acids is 1. The Morgan fingerprint density at radius 3 is 2.96 bits per heavy atom. The van der Waals surface area contributed by atoms with Crippen molar-refractivity contribution in [2.45, 2.75) is 45.1 Å². The fraction of sp³-hybridized carbons (Fsp3) is 0.381. The lowest BCUT2D eigenvalue weighted by atomic mass is 9.98. The van der Waals surface area contributed by atoms with E-state index in [1.807, 2.05) is 38.1 Å². The zero-order valence-electron chi connectivity index (χ0n) is 14.7. The Bertz CT molecular complexity index is 757. The monoisotopic (exact) mass is 340 g/mol. The van der Waals surface area contributed by atoms with E-state index >= 15 is 0 Å². The summed E-state index contributed by atoms with van der Waals surface area (Å²) < 4.78 is 11.9. The molecule has 1 heterocycles. The van der Waals surface area contributed by atoms with Gasteiger partial charge in [0.05, 0.1) is 13.0 Å². The molecule has 0 fully saturated rings. The minimum atomic E-state index is -0.804. The Morgan fingerprint density at radius 2 is 2.28 bits per heavy atom. The number of benzene rings is 1. The maximum atomic E-state index is 10.9. The molecule has 0 spiro atoms. The van der Waals surface area contributed by atoms with Crippen molar-refractivity contribution in [1.29, 1.82) is 0 Å². The topological polar surface area (TPSA) is 55.8 Å². The second-order valence-electron chi connectivity index (χ2n) is 6.66. The van der Waals surface area contributed by atoms with E-state index in [0.717, 1.165) is 35.5 Å². The number of fused-ring (bicyclic) bond motifs is 1. The largest absolute Gasteiger partial charge is 0.492 e. The molecule has 1 aromatic carbocycles. The van der Waals surface area contributed by atoms with Gasteiger partial charge in [0.1, 0.15) is 17.6 Å². The van der Waals surface area contributed by atoms with Crippen LogP contribution in [0.25, 0.3) is 0 Å². The fourth-order valence-corrected chi connectivity index (χ4v) is 3.61. The van der Waals surface area contributed by atoms with Crippen molar-refractivity contribution in [3.05, 3.63) is 59.2 Å². The van der Waals surface area contributed by atoms with Crippen molar-refractivity contribution in [2.75, 3.05) is 6.61 Å². The molecule has 1 aliphatic carbocycles. The average molecular weight is 340 g/mol. The van der Waals surface area contributed by atoms with E-state index in [4.69, 9.17) is 14.6 Å². The van der Waals surface area contributed by atoms with Crippen LogP contribution in [0.5, 0.6) is 11.5 Å². The van der Waals surface area contributed by atoms with Crippen molar-refractivity contribution in [3.8, 4) is 11.5 Å². The number of carbonyl (C=O) groups is 1. The molecule has 1 N–H and O–H groups in total. The van der Waals surface area contributed by atoms with Crippen molar-refractivity contribution in [3.63, 3.8) is 0 Å². The maximum absolute atomic E-state index is 10.9. The van der Waals surface area contributed by atoms with Crippen LogP contribution in [-0.4, -0.2) is 23.8 Å². The van der Waals surface area contributed by atoms with Crippen LogP contribution in [0.1, 0.15) is 44.6 Å². The number of aliphatic carboxylic acids is 1. The van der Waals surface area contributed by atoms with Gasteiger partial charge >= 0.3 is 5.97 Å². The zero-order valence-corrected chi connectivity index (χ0v) is 14.7. The first-order valence-corrected chi connectivity index (χ1v) is 8.66. The second-order valence-corrected chi connectivity index (χ2v) is 6.66. The molecule has 0 saturated heterocycles. The molecule has 1 aliphatic heterocycles. The van der Waals surface area contributed by atoms with Crippen molar-refractivity contribution >= 4 is 5.97 Å². The molecule has 0 aromatic heterocycles. The first-order chi connectivity index (χ1) is 12.0. The van der Waals surface area contributed by atoms with E-state index in [2.05, 4.69) is 12.7 Å². The van der Waals surface area contributed by atoms with Gasteiger partial charge in [-0.3, -0.25) is 4.79 Å². The quantitative estimate of drug-likeness (QED) is 0.820. The lowest BCUT2D eigenvalue weighted by molar-refractivity contribution is -0.137. The Balaban J connectivity index is 1.79. The van der Waals surface area contributed by atoms with Crippen LogP contribution in [0.15, 0.2) is 53.6 Å². The maximum Gasteiger partial charge on any atom is 0.304 e. The van der Waals surface area contributed by atoms with Crippen LogP contribution in [0.3, 0.4) is 0 Å². The van der Waals surface area contributed by atoms with Gasteiger partial charge < -0.3 is 14.6 Å². The summed E-state index contributed by atoms with van der Waals surface area (Å²) in [5.74, 6) is 0.603. The summed E-state index contributed by atoms with van der Waals surface area (Å²) in [5.41, 5.74) is 4.52. The highest BCUT2D eigenvalue weighted by molar-refractivity contribution is 5.68. The minimum Gasteiger partial charge on any atom is -0.492 e. The standard InChI is InChI=1S/C21H24O4/c1-4-5-18-16(13(2)3)8-9-19(18)25-15-6-7-17-14(10-21(22)23)12-24-20(17)11-15/h4-7,11,14,19H,2,8-10,12H2,1,3H3,(H,22,23)/b5-4-. The van der Waals surface area contributed by atoms with E-state index in [1.54, 1.807) is 0 Å². The van der Waals surface area contributed by atoms with Gasteiger partial charge in [-0.15, -0.1) is 0 Å². The highest BCUT2D eigenvalue weighted by atomic mass is 16.5. The molecule has 2 atom stereocenters. The molecule has 2 unspecified atom stereocenters. The minimum absolute atomic E-state index is 0.0113. The van der Waals surface area contributed by atoms with Crippen LogP contribution in [-0.2, 0) is 4.79 Å². The summed E-state index contributed by atoms with van der Waals surface area (Å²) in [6.45, 7) is 8.53. The molecule has 1 aromatic rings. The number of hydrogen-bond acceptors (Lipinski definition) is 3. The Labute approximate surface area is 148 Å². The third-order valence-electron chi connectivity index (χ3n) is 4.78. The van der Waals surface area contributed by atoms with Crippen LogP contribution in [0, 0.1) is 0 Å². The van der Waals surface area contributed by atoms with Gasteiger partial charge in [0.15, 0.2) is 0 Å². The van der Waals surface area contributed by atoms with Gasteiger partial charge in [-0.25, -0.2) is 0 Å². The molecule has 0 saturated carbocycles. The van der Waals surface area contributed by atoms with Crippen LogP contribution in [0.4, 0.5) is 0 Å². The van der Waals surface area contributed by atoms with Gasteiger partial charge in [-0.1, -0.05) is 30.4 Å². The molecule has 2 aliphatic rings. The molecular formula is C21H24O4. The smallest absolute Gasteiger partial charge is 0.304 e. The van der Waals surface area contributed by atoms with E-state index in [9.17, 15) is 4.79 Å². The second kappa shape index (κ2) is 7.18. The summed E-state index contributed by atoms with van der Waals surface area (Å²) in [6.07, 6.45) is 6.14. The third kappa shape index (κ3) is 3.63. The van der Waals surface area contributed by atoms with Crippen LogP contribution in [0.2, 0.25) is 0 Å². The Kier molecular flexibility index (Phi) is 4.98. The highest BCUT2D eigenvalue weighted by Gasteiger charge is 2.29. The fourth-order valence-electron chi connectivity index (χ4n) is 3.61. The number of hydrogen-bond donors (Lipinski definition) is 1. The molecule has 132 valence electrons. The Hall–Kier alpha value is -2.49. The summed E-state index contributed by atoms with van der Waals surface area (Å²) in [6, 6.07) is 5.72. The van der Waals surface area contributed by atoms with Gasteiger partial charge in [0.25, 0.3) is 0 Å². The molecule has 0 amide bonds. The number of rotatable bonds is 6. The lowest BCUT2D eigenvalue weighted by Gasteiger charge is -2.17. The predicted octanol–water partition coefficient (Wildman–Crippen LogP) is 4.63. The van der Waals surface area contributed by atoms with E-state index in [-0.39, 0.29) is 18.4 Å². The van der Waals surface area contributed by atoms with Crippen molar-refractivity contribution < 1.29 is 19.4 Å². The third-order valence-corrected chi connectivity index (χ3v) is 4.78. The lowest BCUT2D eigenvalue weighted by Crippen LogP contribution is -2.15. The molecule has 4 heteroatoms. The van der Waals surface area contributed by atoms with Gasteiger partial charge in [0, 0.05) is 17.5 Å². The highest BCUT2D eigenvalue weighted by Crippen LogP contribution is 2.40. The Morgan fingerprint density at radius 1 is 1.48 bits per heavy atom. The molecule has 3 rings (SSSR count). The van der Waals surface area contributed by atoms with Crippen LogP contribution >= 0.6 is 0 Å². The SMILES string of the molecule is C=C(C)C1=C(/C=C\C)C(Oc2ccc3c(c2)OCC3CC(=O)O)CC1. The predicted molar refractivity (Wildman–Crippen MR) is 97.2 cm³/mol. The van der Waals surface area contributed by atoms with Crippen molar-refractivity contribution in [1.82, 2.24) is 0 Å². The van der Waals surface area contributed by atoms with Crippen molar-refractivity contribution in [2.24, 2.45) is 0 Å². The van der Waals surface area contributed by atoms with Gasteiger partial charge in [-0.05, 0) is 43.9 Å². The number of carboxylic acid groups (broad SMARTS) is 1. The molecule has 4 nitrogen and oxygen atoms in total. The number of ether oxygens (including phenoxy) is 2. The summed E-state index contributed by atoms with van der Waals surface area (Å²) in [4.78, 5) is 10.9. The summed E-state index contributed by atoms with van der Waals surface area (Å²) in [7, 11) is 0. The molecule has 0 bridgehead atoms. The normalized spacial score (nSPS) is 22.2.